The maximum atomic E-state index is 13.2. The number of benzene rings is 3. The molecule has 2 amide bonds. The number of aliphatic imine (C=N–C) groups is 1. The lowest BCUT2D eigenvalue weighted by Gasteiger charge is -2.32. The predicted molar refractivity (Wildman–Crippen MR) is 150 cm³/mol. The molecular weight excluding hydrogens is 554 g/mol. The predicted octanol–water partition coefficient (Wildman–Crippen LogP) is 5.83. The molecule has 1 aliphatic heterocycles. The molecule has 3 aromatic carbocycles. The largest absolute Gasteiger partial charge is 0.462 e. The summed E-state index contributed by atoms with van der Waals surface area (Å²) in [5, 5.41) is 2.72. The van der Waals surface area contributed by atoms with Gasteiger partial charge >= 0.3 is 5.97 Å². The van der Waals surface area contributed by atoms with Crippen LogP contribution in [0.3, 0.4) is 0 Å². The van der Waals surface area contributed by atoms with Crippen LogP contribution >= 0.6 is 27.7 Å². The molecule has 0 bridgehead atoms. The minimum absolute atomic E-state index is 0.0696. The highest BCUT2D eigenvalue weighted by atomic mass is 79.9. The minimum Gasteiger partial charge on any atom is -0.462 e. The molecule has 7 nitrogen and oxygen atoms in total. The van der Waals surface area contributed by atoms with Crippen molar-refractivity contribution < 1.29 is 19.1 Å². The van der Waals surface area contributed by atoms with Crippen molar-refractivity contribution in [2.75, 3.05) is 18.5 Å². The Bertz CT molecular complexity index is 1300. The molecule has 1 saturated heterocycles. The Morgan fingerprint density at radius 3 is 2.54 bits per heavy atom. The van der Waals surface area contributed by atoms with Crippen molar-refractivity contribution in [2.45, 2.75) is 25.0 Å². The second-order valence-corrected chi connectivity index (χ2v) is 10.3. The van der Waals surface area contributed by atoms with E-state index in [0.717, 1.165) is 10.0 Å². The molecule has 1 fully saturated rings. The van der Waals surface area contributed by atoms with Crippen LogP contribution < -0.4 is 5.32 Å². The number of rotatable bonds is 8. The number of amides is 2. The molecule has 0 aliphatic carbocycles. The molecule has 1 heterocycles. The number of nitrogens with zero attached hydrogens (tertiary/aromatic N) is 2. The highest BCUT2D eigenvalue weighted by molar-refractivity contribution is 9.10. The Balaban J connectivity index is 1.56. The summed E-state index contributed by atoms with van der Waals surface area (Å²) in [5.41, 5.74) is 2.74. The summed E-state index contributed by atoms with van der Waals surface area (Å²) >= 11 is 4.67. The van der Waals surface area contributed by atoms with Crippen molar-refractivity contribution in [1.82, 2.24) is 4.90 Å². The zero-order valence-corrected chi connectivity index (χ0v) is 22.6. The van der Waals surface area contributed by atoms with Crippen LogP contribution in [0.5, 0.6) is 0 Å². The molecule has 1 atom stereocenters. The van der Waals surface area contributed by atoms with Crippen LogP contribution in [0.15, 0.2) is 88.3 Å². The van der Waals surface area contributed by atoms with Gasteiger partial charge in [-0.1, -0.05) is 64.1 Å². The number of esters is 1. The maximum absolute atomic E-state index is 13.2. The Hall–Kier alpha value is -3.43. The molecule has 1 aliphatic rings. The molecular formula is C28H26BrN3O4S. The molecule has 1 unspecified atom stereocenters. The van der Waals surface area contributed by atoms with E-state index in [1.165, 1.54) is 11.8 Å². The summed E-state index contributed by atoms with van der Waals surface area (Å²) in [6.45, 7) is 2.49. The van der Waals surface area contributed by atoms with E-state index in [9.17, 15) is 14.4 Å². The topological polar surface area (TPSA) is 88.1 Å². The summed E-state index contributed by atoms with van der Waals surface area (Å²) in [6.07, 6.45) is 0.725. The van der Waals surface area contributed by atoms with Crippen molar-refractivity contribution >= 4 is 62.0 Å². The Labute approximate surface area is 228 Å². The fraction of sp³-hybridized carbons (Fsp3) is 0.214. The number of hydrogen-bond donors (Lipinski definition) is 1. The summed E-state index contributed by atoms with van der Waals surface area (Å²) in [4.78, 5) is 44.6. The first-order valence-electron chi connectivity index (χ1n) is 11.9. The molecule has 1 N–H and O–H groups in total. The van der Waals surface area contributed by atoms with E-state index in [1.54, 1.807) is 48.2 Å². The van der Waals surface area contributed by atoms with Gasteiger partial charge in [0.25, 0.3) is 0 Å². The van der Waals surface area contributed by atoms with Gasteiger partial charge in [-0.2, -0.15) is 0 Å². The number of carbonyl (C=O) groups excluding carboxylic acids is 3. The lowest BCUT2D eigenvalue weighted by Crippen LogP contribution is -2.46. The summed E-state index contributed by atoms with van der Waals surface area (Å²) in [6, 6.07) is 23.9. The van der Waals surface area contributed by atoms with Crippen LogP contribution in [0, 0.1) is 0 Å². The third-order valence-corrected chi connectivity index (χ3v) is 7.28. The molecule has 0 radical (unpaired) electrons. The number of thioether (sulfide) groups is 1. The zero-order chi connectivity index (χ0) is 26.2. The SMILES string of the molecule is CCOC(=O)c1ccc(N=C2SC(C(=O)Nc3cccc(Br)c3)CC(=O)N2CCc2ccccc2)cc1. The van der Waals surface area contributed by atoms with E-state index < -0.39 is 11.2 Å². The van der Waals surface area contributed by atoms with Gasteiger partial charge in [-0.05, 0) is 61.4 Å². The lowest BCUT2D eigenvalue weighted by molar-refractivity contribution is -0.129. The Morgan fingerprint density at radius 1 is 1.08 bits per heavy atom. The molecule has 0 spiro atoms. The number of nitrogens with one attached hydrogen (secondary N) is 1. The highest BCUT2D eigenvalue weighted by Gasteiger charge is 2.35. The molecule has 37 heavy (non-hydrogen) atoms. The monoisotopic (exact) mass is 579 g/mol. The number of carbonyl (C=O) groups is 3. The normalized spacial score (nSPS) is 16.5. The first kappa shape index (κ1) is 26.6. The Kier molecular flexibility index (Phi) is 9.14. The standard InChI is InChI=1S/C28H26BrN3O4S/c1-2-36-27(35)20-11-13-22(14-12-20)31-28-32(16-15-19-7-4-3-5-8-19)25(33)18-24(37-28)26(34)30-23-10-6-9-21(29)17-23/h3-14,17,24H,2,15-16,18H2,1H3,(H,30,34). The maximum Gasteiger partial charge on any atom is 0.338 e. The van der Waals surface area contributed by atoms with Crippen LogP contribution in [0.2, 0.25) is 0 Å². The van der Waals surface area contributed by atoms with Crippen LogP contribution in [-0.4, -0.2) is 46.3 Å². The van der Waals surface area contributed by atoms with Gasteiger partial charge in [0.15, 0.2) is 5.17 Å². The lowest BCUT2D eigenvalue weighted by atomic mass is 10.1. The fourth-order valence-electron chi connectivity index (χ4n) is 3.73. The van der Waals surface area contributed by atoms with Crippen molar-refractivity contribution in [3.8, 4) is 0 Å². The third kappa shape index (κ3) is 7.30. The summed E-state index contributed by atoms with van der Waals surface area (Å²) in [5.74, 6) is -0.826. The van der Waals surface area contributed by atoms with E-state index in [2.05, 4.69) is 21.2 Å². The van der Waals surface area contributed by atoms with Gasteiger partial charge < -0.3 is 10.1 Å². The van der Waals surface area contributed by atoms with Crippen LogP contribution in [0.4, 0.5) is 11.4 Å². The van der Waals surface area contributed by atoms with Gasteiger partial charge in [-0.25, -0.2) is 9.79 Å². The average Bonchev–Trinajstić information content (AvgIpc) is 2.89. The van der Waals surface area contributed by atoms with Crippen molar-refractivity contribution in [3.63, 3.8) is 0 Å². The van der Waals surface area contributed by atoms with Crippen LogP contribution in [0.1, 0.15) is 29.3 Å². The molecule has 3 aromatic rings. The van der Waals surface area contributed by atoms with Crippen molar-refractivity contribution in [1.29, 1.82) is 0 Å². The molecule has 190 valence electrons. The van der Waals surface area contributed by atoms with Crippen molar-refractivity contribution in [2.24, 2.45) is 4.99 Å². The van der Waals surface area contributed by atoms with Gasteiger partial charge in [0.2, 0.25) is 11.8 Å². The highest BCUT2D eigenvalue weighted by Crippen LogP contribution is 2.30. The molecule has 9 heteroatoms. The fourth-order valence-corrected chi connectivity index (χ4v) is 5.26. The van der Waals surface area contributed by atoms with Gasteiger partial charge in [0.1, 0.15) is 5.25 Å². The van der Waals surface area contributed by atoms with E-state index in [0.29, 0.717) is 41.7 Å². The van der Waals surface area contributed by atoms with E-state index in [1.807, 2.05) is 42.5 Å². The number of amidine groups is 1. The first-order valence-corrected chi connectivity index (χ1v) is 13.5. The summed E-state index contributed by atoms with van der Waals surface area (Å²) in [7, 11) is 0. The second kappa shape index (κ2) is 12.7. The quantitative estimate of drug-likeness (QED) is 0.339. The third-order valence-electron chi connectivity index (χ3n) is 5.59. The second-order valence-electron chi connectivity index (χ2n) is 8.25. The number of halogens is 1. The van der Waals surface area contributed by atoms with Gasteiger partial charge in [0.05, 0.1) is 17.9 Å². The van der Waals surface area contributed by atoms with Crippen LogP contribution in [0.25, 0.3) is 0 Å². The molecule has 0 saturated carbocycles. The minimum atomic E-state index is -0.628. The van der Waals surface area contributed by atoms with E-state index >= 15 is 0 Å². The number of anilines is 1. The number of hydrogen-bond acceptors (Lipinski definition) is 6. The van der Waals surface area contributed by atoms with Crippen molar-refractivity contribution in [3.05, 3.63) is 94.5 Å². The Morgan fingerprint density at radius 2 is 1.84 bits per heavy atom. The van der Waals surface area contributed by atoms with Gasteiger partial charge in [-0.15, -0.1) is 0 Å². The van der Waals surface area contributed by atoms with Crippen LogP contribution in [-0.2, 0) is 20.7 Å². The summed E-state index contributed by atoms with van der Waals surface area (Å²) < 4.78 is 5.89. The van der Waals surface area contributed by atoms with Gasteiger partial charge in [0, 0.05) is 23.1 Å². The van der Waals surface area contributed by atoms with E-state index in [4.69, 9.17) is 9.73 Å². The first-order chi connectivity index (χ1) is 17.9. The smallest absolute Gasteiger partial charge is 0.338 e. The number of ether oxygens (including phenoxy) is 1. The molecule has 4 rings (SSSR count). The zero-order valence-electron chi connectivity index (χ0n) is 20.2. The molecule has 0 aromatic heterocycles. The average molecular weight is 581 g/mol. The van der Waals surface area contributed by atoms with Gasteiger partial charge in [-0.3, -0.25) is 14.5 Å². The van der Waals surface area contributed by atoms with E-state index in [-0.39, 0.29) is 18.2 Å².